The Bertz CT molecular complexity index is 953. The van der Waals surface area contributed by atoms with Crippen LogP contribution in [-0.2, 0) is 10.8 Å². The number of esters is 1. The Kier molecular flexibility index (Phi) is 5.16. The molecule has 3 aromatic carbocycles. The zero-order valence-electron chi connectivity index (χ0n) is 14.3. The average Bonchev–Trinajstić information content (AvgIpc) is 2.68. The molecule has 3 rings (SSSR count). The highest BCUT2D eigenvalue weighted by atomic mass is 19.3. The largest absolute Gasteiger partial charge is 0.465 e. The number of benzene rings is 3. The summed E-state index contributed by atoms with van der Waals surface area (Å²) >= 11 is 0. The van der Waals surface area contributed by atoms with Crippen molar-refractivity contribution in [3.63, 3.8) is 0 Å². The van der Waals surface area contributed by atoms with E-state index in [0.717, 1.165) is 13.2 Å². The second kappa shape index (κ2) is 7.53. The zero-order valence-corrected chi connectivity index (χ0v) is 14.3. The van der Waals surface area contributed by atoms with Gasteiger partial charge in [0.2, 0.25) is 0 Å². The molecule has 0 unspecified atom stereocenters. The molecule has 0 amide bonds. The fourth-order valence-corrected chi connectivity index (χ4v) is 2.63. The lowest BCUT2D eigenvalue weighted by Crippen LogP contribution is -2.25. The number of hydrogen-bond donors (Lipinski definition) is 0. The van der Waals surface area contributed by atoms with Gasteiger partial charge in [-0.2, -0.15) is 8.78 Å². The van der Waals surface area contributed by atoms with E-state index in [1.54, 1.807) is 18.2 Å². The third-order valence-electron chi connectivity index (χ3n) is 3.93. The Balaban J connectivity index is 1.87. The zero-order chi connectivity index (χ0) is 19.4. The Morgan fingerprint density at radius 1 is 0.889 bits per heavy atom. The monoisotopic (exact) mass is 372 g/mol. The van der Waals surface area contributed by atoms with E-state index in [0.29, 0.717) is 11.1 Å². The maximum Gasteiger partial charge on any atom is 0.427 e. The summed E-state index contributed by atoms with van der Waals surface area (Å²) < 4.78 is 52.4. The first-order valence-electron chi connectivity index (χ1n) is 8.02. The Morgan fingerprint density at radius 3 is 2.19 bits per heavy atom. The molecule has 6 heteroatoms. The molecule has 0 aliphatic heterocycles. The van der Waals surface area contributed by atoms with Crippen LogP contribution in [0.3, 0.4) is 0 Å². The van der Waals surface area contributed by atoms with Gasteiger partial charge in [-0.15, -0.1) is 0 Å². The highest BCUT2D eigenvalue weighted by Gasteiger charge is 2.38. The molecule has 0 spiro atoms. The van der Waals surface area contributed by atoms with Crippen molar-refractivity contribution in [2.45, 2.75) is 6.11 Å². The third kappa shape index (κ3) is 3.95. The molecule has 0 radical (unpaired) electrons. The minimum atomic E-state index is -3.76. The average molecular weight is 372 g/mol. The molecule has 0 N–H and O–H groups in total. The summed E-state index contributed by atoms with van der Waals surface area (Å²) in [6.07, 6.45) is -3.76. The molecule has 0 fully saturated rings. The van der Waals surface area contributed by atoms with Gasteiger partial charge in [0.15, 0.2) is 0 Å². The third-order valence-corrected chi connectivity index (χ3v) is 3.93. The highest BCUT2D eigenvalue weighted by molar-refractivity contribution is 5.91. The molecule has 0 aromatic heterocycles. The van der Waals surface area contributed by atoms with Gasteiger partial charge in [0.25, 0.3) is 0 Å². The maximum atomic E-state index is 14.6. The fourth-order valence-electron chi connectivity index (χ4n) is 2.63. The van der Waals surface area contributed by atoms with E-state index < -0.39 is 23.5 Å². The topological polar surface area (TPSA) is 35.5 Å². The van der Waals surface area contributed by atoms with Crippen molar-refractivity contribution in [3.05, 3.63) is 89.7 Å². The molecule has 0 bridgehead atoms. The lowest BCUT2D eigenvalue weighted by atomic mass is 10.0. The summed E-state index contributed by atoms with van der Waals surface area (Å²) in [5, 5.41) is 0. The van der Waals surface area contributed by atoms with E-state index in [9.17, 15) is 18.0 Å². The van der Waals surface area contributed by atoms with E-state index in [2.05, 4.69) is 4.74 Å². The summed E-state index contributed by atoms with van der Waals surface area (Å²) in [6, 6.07) is 16.9. The van der Waals surface area contributed by atoms with Gasteiger partial charge < -0.3 is 9.47 Å². The van der Waals surface area contributed by atoms with E-state index in [-0.39, 0.29) is 11.3 Å². The summed E-state index contributed by atoms with van der Waals surface area (Å²) in [5.41, 5.74) is -0.00594. The van der Waals surface area contributed by atoms with Crippen molar-refractivity contribution in [2.24, 2.45) is 0 Å². The van der Waals surface area contributed by atoms with Crippen LogP contribution in [0.4, 0.5) is 13.2 Å². The Hall–Kier alpha value is -3.28. The number of halogens is 3. The van der Waals surface area contributed by atoms with Crippen molar-refractivity contribution < 1.29 is 27.4 Å². The predicted octanol–water partition coefficient (Wildman–Crippen LogP) is 5.41. The van der Waals surface area contributed by atoms with Crippen molar-refractivity contribution in [1.29, 1.82) is 0 Å². The van der Waals surface area contributed by atoms with Gasteiger partial charge in [0.1, 0.15) is 11.6 Å². The van der Waals surface area contributed by atoms with E-state index in [1.165, 1.54) is 48.5 Å². The van der Waals surface area contributed by atoms with Crippen LogP contribution in [0.15, 0.2) is 72.8 Å². The number of methoxy groups -OCH3 is 1. The number of carbonyl (C=O) groups is 1. The lowest BCUT2D eigenvalue weighted by Gasteiger charge is -2.20. The molecule has 3 nitrogen and oxygen atoms in total. The predicted molar refractivity (Wildman–Crippen MR) is 94.1 cm³/mol. The van der Waals surface area contributed by atoms with Crippen molar-refractivity contribution in [2.75, 3.05) is 7.11 Å². The molecular formula is C21H15F3O3. The van der Waals surface area contributed by atoms with Crippen LogP contribution in [0.1, 0.15) is 15.9 Å². The SMILES string of the molecule is COC(=O)c1ccccc1C(F)(F)Oc1ccc(-c2ccccc2F)cc1. The molecule has 27 heavy (non-hydrogen) atoms. The summed E-state index contributed by atoms with van der Waals surface area (Å²) in [4.78, 5) is 11.7. The minimum Gasteiger partial charge on any atom is -0.465 e. The number of ether oxygens (including phenoxy) is 2. The van der Waals surface area contributed by atoms with Gasteiger partial charge in [-0.3, -0.25) is 0 Å². The van der Waals surface area contributed by atoms with E-state index in [4.69, 9.17) is 4.74 Å². The minimum absolute atomic E-state index is 0.125. The number of carbonyl (C=O) groups excluding carboxylic acids is 1. The smallest absolute Gasteiger partial charge is 0.427 e. The van der Waals surface area contributed by atoms with Crippen molar-refractivity contribution in [1.82, 2.24) is 0 Å². The molecular weight excluding hydrogens is 357 g/mol. The quantitative estimate of drug-likeness (QED) is 0.562. The van der Waals surface area contributed by atoms with Gasteiger partial charge in [0.05, 0.1) is 18.2 Å². The maximum absolute atomic E-state index is 14.6. The molecule has 0 heterocycles. The summed E-state index contributed by atoms with van der Waals surface area (Å²) in [5.74, 6) is -1.42. The van der Waals surface area contributed by atoms with Crippen LogP contribution in [0.2, 0.25) is 0 Å². The van der Waals surface area contributed by atoms with Crippen molar-refractivity contribution in [3.8, 4) is 16.9 Å². The molecule has 0 aliphatic carbocycles. The Labute approximate surface area is 154 Å². The summed E-state index contributed by atoms with van der Waals surface area (Å²) in [6.45, 7) is 0. The molecule has 0 aliphatic rings. The van der Waals surface area contributed by atoms with Crippen LogP contribution in [0.25, 0.3) is 11.1 Å². The first-order chi connectivity index (χ1) is 12.9. The number of alkyl halides is 2. The fraction of sp³-hybridized carbons (Fsp3) is 0.0952. The first kappa shape index (κ1) is 18.5. The van der Waals surface area contributed by atoms with E-state index in [1.807, 2.05) is 0 Å². The van der Waals surface area contributed by atoms with Gasteiger partial charge in [-0.1, -0.05) is 42.5 Å². The highest BCUT2D eigenvalue weighted by Crippen LogP contribution is 2.35. The molecule has 3 aromatic rings. The molecule has 0 atom stereocenters. The molecule has 138 valence electrons. The van der Waals surface area contributed by atoms with Gasteiger partial charge >= 0.3 is 12.1 Å². The van der Waals surface area contributed by atoms with Crippen LogP contribution in [0, 0.1) is 5.82 Å². The molecule has 0 saturated heterocycles. The van der Waals surface area contributed by atoms with Crippen LogP contribution in [0.5, 0.6) is 5.75 Å². The lowest BCUT2D eigenvalue weighted by molar-refractivity contribution is -0.185. The van der Waals surface area contributed by atoms with E-state index >= 15 is 0 Å². The number of rotatable bonds is 5. The van der Waals surface area contributed by atoms with Gasteiger partial charge in [0, 0.05) is 5.56 Å². The standard InChI is InChI=1S/C21H15F3O3/c1-26-20(25)17-7-2-4-8-18(17)21(23,24)27-15-12-10-14(11-13-15)16-6-3-5-9-19(16)22/h2-13H,1H3. The van der Waals surface area contributed by atoms with Gasteiger partial charge in [-0.25, -0.2) is 9.18 Å². The van der Waals surface area contributed by atoms with Gasteiger partial charge in [-0.05, 0) is 35.9 Å². The second-order valence-electron chi connectivity index (χ2n) is 5.66. The number of hydrogen-bond acceptors (Lipinski definition) is 3. The summed E-state index contributed by atoms with van der Waals surface area (Å²) in [7, 11) is 1.11. The second-order valence-corrected chi connectivity index (χ2v) is 5.66. The van der Waals surface area contributed by atoms with Crippen LogP contribution < -0.4 is 4.74 Å². The van der Waals surface area contributed by atoms with Crippen LogP contribution >= 0.6 is 0 Å². The van der Waals surface area contributed by atoms with Crippen molar-refractivity contribution >= 4 is 5.97 Å². The first-order valence-corrected chi connectivity index (χ1v) is 8.02. The normalized spacial score (nSPS) is 11.1. The molecule has 0 saturated carbocycles. The Morgan fingerprint density at radius 2 is 1.52 bits per heavy atom. The van der Waals surface area contributed by atoms with Crippen LogP contribution in [-0.4, -0.2) is 13.1 Å².